The SMILES string of the molecule is Cc1c(C=Nn2c(=O)[nH]c3ccccc3c2=O)c2ccccc2n1Cc1ccc(Br)cc1. The molecule has 158 valence electrons. The minimum Gasteiger partial charge on any atom is -0.340 e. The fourth-order valence-corrected chi connectivity index (χ4v) is 4.23. The highest BCUT2D eigenvalue weighted by molar-refractivity contribution is 9.10. The largest absolute Gasteiger partial charge is 0.349 e. The Hall–Kier alpha value is -3.71. The highest BCUT2D eigenvalue weighted by Crippen LogP contribution is 2.26. The molecule has 0 saturated carbocycles. The van der Waals surface area contributed by atoms with Crippen molar-refractivity contribution in [3.8, 4) is 0 Å². The zero-order chi connectivity index (χ0) is 22.2. The molecule has 5 aromatic rings. The Labute approximate surface area is 191 Å². The predicted octanol–water partition coefficient (Wildman–Crippen LogP) is 4.65. The number of fused-ring (bicyclic) bond motifs is 2. The summed E-state index contributed by atoms with van der Waals surface area (Å²) in [5, 5.41) is 5.71. The van der Waals surface area contributed by atoms with Gasteiger partial charge in [0.15, 0.2) is 0 Å². The number of hydrogen-bond acceptors (Lipinski definition) is 3. The number of H-pyrrole nitrogens is 1. The second-order valence-corrected chi connectivity index (χ2v) is 8.48. The first-order chi connectivity index (χ1) is 15.5. The first kappa shape index (κ1) is 20.2. The van der Waals surface area contributed by atoms with E-state index in [1.165, 1.54) is 5.56 Å². The summed E-state index contributed by atoms with van der Waals surface area (Å²) in [5.41, 5.74) is 3.59. The highest BCUT2D eigenvalue weighted by Gasteiger charge is 2.13. The summed E-state index contributed by atoms with van der Waals surface area (Å²) in [6, 6.07) is 23.2. The van der Waals surface area contributed by atoms with Crippen molar-refractivity contribution in [3.05, 3.63) is 115 Å². The lowest BCUT2D eigenvalue weighted by atomic mass is 10.1. The van der Waals surface area contributed by atoms with Crippen LogP contribution in [0.3, 0.4) is 0 Å². The minimum atomic E-state index is -0.568. The predicted molar refractivity (Wildman–Crippen MR) is 132 cm³/mol. The number of nitrogens with zero attached hydrogens (tertiary/aromatic N) is 3. The van der Waals surface area contributed by atoms with Crippen molar-refractivity contribution < 1.29 is 0 Å². The smallest absolute Gasteiger partial charge is 0.340 e. The Morgan fingerprint density at radius 3 is 2.41 bits per heavy atom. The maximum atomic E-state index is 12.8. The molecule has 0 aliphatic carbocycles. The van der Waals surface area contributed by atoms with E-state index < -0.39 is 11.2 Å². The third-order valence-corrected chi connectivity index (χ3v) is 6.15. The van der Waals surface area contributed by atoms with Crippen LogP contribution in [0.4, 0.5) is 0 Å². The molecule has 2 heterocycles. The summed E-state index contributed by atoms with van der Waals surface area (Å²) in [6.45, 7) is 2.72. The van der Waals surface area contributed by atoms with E-state index in [1.807, 2.05) is 37.3 Å². The second-order valence-electron chi connectivity index (χ2n) is 7.57. The fraction of sp³-hybridized carbons (Fsp3) is 0.0800. The molecule has 0 amide bonds. The number of halogens is 1. The molecular formula is C25H19BrN4O2. The standard InChI is InChI=1S/C25H19BrN4O2/c1-16-21(14-27-30-24(31)20-7-2-4-8-22(20)28-25(30)32)19-6-3-5-9-23(19)29(16)15-17-10-12-18(26)13-11-17/h2-14H,15H2,1H3,(H,28,32). The monoisotopic (exact) mass is 486 g/mol. The molecule has 3 aromatic carbocycles. The molecule has 7 heteroatoms. The van der Waals surface area contributed by atoms with E-state index in [4.69, 9.17) is 0 Å². The number of hydrogen-bond donors (Lipinski definition) is 1. The normalized spacial score (nSPS) is 11.7. The molecule has 1 N–H and O–H groups in total. The third kappa shape index (κ3) is 3.50. The van der Waals surface area contributed by atoms with Gasteiger partial charge in [0.05, 0.1) is 17.1 Å². The molecule has 32 heavy (non-hydrogen) atoms. The summed E-state index contributed by atoms with van der Waals surface area (Å²) in [6.07, 6.45) is 1.60. The van der Waals surface area contributed by atoms with Crippen molar-refractivity contribution in [2.45, 2.75) is 13.5 Å². The van der Waals surface area contributed by atoms with Gasteiger partial charge in [-0.2, -0.15) is 5.10 Å². The number of benzene rings is 3. The zero-order valence-corrected chi connectivity index (χ0v) is 18.8. The lowest BCUT2D eigenvalue weighted by Crippen LogP contribution is -2.32. The summed E-state index contributed by atoms with van der Waals surface area (Å²) in [5.74, 6) is 0. The third-order valence-electron chi connectivity index (χ3n) is 5.62. The zero-order valence-electron chi connectivity index (χ0n) is 17.2. The number of aromatic amines is 1. The lowest BCUT2D eigenvalue weighted by Gasteiger charge is -2.09. The Balaban J connectivity index is 1.63. The van der Waals surface area contributed by atoms with Crippen molar-refractivity contribution >= 4 is 44.0 Å². The highest BCUT2D eigenvalue weighted by atomic mass is 79.9. The summed E-state index contributed by atoms with van der Waals surface area (Å²) in [4.78, 5) is 28.0. The van der Waals surface area contributed by atoms with Crippen LogP contribution in [0, 0.1) is 6.92 Å². The van der Waals surface area contributed by atoms with Gasteiger partial charge in [-0.15, -0.1) is 4.68 Å². The number of nitrogens with one attached hydrogen (secondary N) is 1. The van der Waals surface area contributed by atoms with Crippen LogP contribution >= 0.6 is 15.9 Å². The van der Waals surface area contributed by atoms with Gasteiger partial charge in [0.2, 0.25) is 0 Å². The molecule has 0 unspecified atom stereocenters. The van der Waals surface area contributed by atoms with Crippen LogP contribution < -0.4 is 11.2 Å². The number of aromatic nitrogens is 3. The molecule has 0 bridgehead atoms. The molecule has 2 aromatic heterocycles. The Kier molecular flexibility index (Phi) is 5.11. The molecule has 6 nitrogen and oxygen atoms in total. The molecular weight excluding hydrogens is 468 g/mol. The van der Waals surface area contributed by atoms with Gasteiger partial charge >= 0.3 is 5.69 Å². The molecule has 0 aliphatic rings. The summed E-state index contributed by atoms with van der Waals surface area (Å²) < 4.78 is 4.13. The second kappa shape index (κ2) is 8.09. The summed E-state index contributed by atoms with van der Waals surface area (Å²) in [7, 11) is 0. The van der Waals surface area contributed by atoms with Gasteiger partial charge in [-0.1, -0.05) is 58.4 Å². The van der Waals surface area contributed by atoms with Gasteiger partial charge in [0.1, 0.15) is 0 Å². The van der Waals surface area contributed by atoms with E-state index in [2.05, 4.69) is 48.8 Å². The van der Waals surface area contributed by atoms with Crippen molar-refractivity contribution in [3.63, 3.8) is 0 Å². The Morgan fingerprint density at radius 2 is 1.62 bits per heavy atom. The fourth-order valence-electron chi connectivity index (χ4n) is 3.97. The molecule has 5 rings (SSSR count). The maximum Gasteiger partial charge on any atom is 0.349 e. The van der Waals surface area contributed by atoms with Gasteiger partial charge in [-0.05, 0) is 42.8 Å². The van der Waals surface area contributed by atoms with Crippen molar-refractivity contribution in [2.24, 2.45) is 5.10 Å². The quantitative estimate of drug-likeness (QED) is 0.375. The van der Waals surface area contributed by atoms with E-state index in [0.29, 0.717) is 17.4 Å². The van der Waals surface area contributed by atoms with Crippen LogP contribution in [-0.4, -0.2) is 20.4 Å². The lowest BCUT2D eigenvalue weighted by molar-refractivity contribution is 0.770. The van der Waals surface area contributed by atoms with Gasteiger partial charge < -0.3 is 9.55 Å². The van der Waals surface area contributed by atoms with Crippen LogP contribution in [0.1, 0.15) is 16.8 Å². The van der Waals surface area contributed by atoms with E-state index in [9.17, 15) is 9.59 Å². The van der Waals surface area contributed by atoms with Gasteiger partial charge in [0.25, 0.3) is 5.56 Å². The first-order valence-corrected chi connectivity index (χ1v) is 10.9. The van der Waals surface area contributed by atoms with Crippen LogP contribution in [0.15, 0.2) is 92.0 Å². The van der Waals surface area contributed by atoms with Crippen molar-refractivity contribution in [2.75, 3.05) is 0 Å². The first-order valence-electron chi connectivity index (χ1n) is 10.1. The maximum absolute atomic E-state index is 12.8. The minimum absolute atomic E-state index is 0.415. The molecule has 0 aliphatic heterocycles. The number of para-hydroxylation sites is 2. The van der Waals surface area contributed by atoms with Crippen LogP contribution in [0.25, 0.3) is 21.8 Å². The van der Waals surface area contributed by atoms with Crippen LogP contribution in [-0.2, 0) is 6.54 Å². The van der Waals surface area contributed by atoms with E-state index in [0.717, 1.165) is 31.3 Å². The molecule has 0 saturated heterocycles. The molecule has 0 fully saturated rings. The Morgan fingerprint density at radius 1 is 0.938 bits per heavy atom. The average molecular weight is 487 g/mol. The van der Waals surface area contributed by atoms with Gasteiger partial charge in [0, 0.05) is 33.2 Å². The summed E-state index contributed by atoms with van der Waals surface area (Å²) >= 11 is 3.48. The van der Waals surface area contributed by atoms with Crippen LogP contribution in [0.5, 0.6) is 0 Å². The Bertz CT molecular complexity index is 1610. The van der Waals surface area contributed by atoms with Crippen molar-refractivity contribution in [1.29, 1.82) is 0 Å². The van der Waals surface area contributed by atoms with Crippen LogP contribution in [0.2, 0.25) is 0 Å². The average Bonchev–Trinajstić information content (AvgIpc) is 3.06. The number of rotatable bonds is 4. The molecule has 0 radical (unpaired) electrons. The topological polar surface area (TPSA) is 72.2 Å². The van der Waals surface area contributed by atoms with E-state index >= 15 is 0 Å². The van der Waals surface area contributed by atoms with E-state index in [1.54, 1.807) is 30.5 Å². The van der Waals surface area contributed by atoms with Gasteiger partial charge in [-0.3, -0.25) is 4.79 Å². The van der Waals surface area contributed by atoms with Crippen molar-refractivity contribution in [1.82, 2.24) is 14.2 Å². The molecule has 0 atom stereocenters. The van der Waals surface area contributed by atoms with Gasteiger partial charge in [-0.25, -0.2) is 4.79 Å². The van der Waals surface area contributed by atoms with E-state index in [-0.39, 0.29) is 0 Å². The molecule has 0 spiro atoms.